The first-order chi connectivity index (χ1) is 10.0. The Kier molecular flexibility index (Phi) is 3.04. The lowest BCUT2D eigenvalue weighted by atomic mass is 10.2. The molecule has 0 atom stereocenters. The van der Waals surface area contributed by atoms with E-state index in [2.05, 4.69) is 10.9 Å². The van der Waals surface area contributed by atoms with Crippen LogP contribution in [0.4, 0.5) is 0 Å². The van der Waals surface area contributed by atoms with Crippen LogP contribution < -0.4 is 0 Å². The summed E-state index contributed by atoms with van der Waals surface area (Å²) in [5.74, 6) is 2.42. The minimum Gasteiger partial charge on any atom is -0.237 e. The summed E-state index contributed by atoms with van der Waals surface area (Å²) in [4.78, 5) is 4.34. The lowest BCUT2D eigenvalue weighted by Crippen LogP contribution is -2.15. The lowest BCUT2D eigenvalue weighted by molar-refractivity contribution is 0.588. The second kappa shape index (κ2) is 4.76. The summed E-state index contributed by atoms with van der Waals surface area (Å²) in [5.41, 5.74) is 1.59. The normalized spacial score (nSPS) is 11.4. The molecule has 0 aliphatic rings. The minimum atomic E-state index is -3.77. The van der Waals surface area contributed by atoms with Crippen LogP contribution in [0, 0.1) is 19.3 Å². The highest BCUT2D eigenvalue weighted by molar-refractivity contribution is 7.90. The first-order valence-corrected chi connectivity index (χ1v) is 7.73. The fraction of sp³-hybridized carbons (Fsp3) is 0.0625. The summed E-state index contributed by atoms with van der Waals surface area (Å²) in [6.07, 6.45) is 7.00. The summed E-state index contributed by atoms with van der Waals surface area (Å²) in [5, 5.41) is 0.695. The summed E-state index contributed by atoms with van der Waals surface area (Å²) in [6.45, 7) is 1.90. The van der Waals surface area contributed by atoms with Crippen molar-refractivity contribution >= 4 is 21.1 Å². The van der Waals surface area contributed by atoms with Crippen molar-refractivity contribution in [2.45, 2.75) is 11.8 Å². The number of terminal acetylenes is 1. The second-order valence-electron chi connectivity index (χ2n) is 4.67. The van der Waals surface area contributed by atoms with Gasteiger partial charge in [0.05, 0.1) is 4.90 Å². The first-order valence-electron chi connectivity index (χ1n) is 6.29. The maximum absolute atomic E-state index is 12.8. The molecule has 1 aromatic carbocycles. The molecule has 0 spiro atoms. The van der Waals surface area contributed by atoms with Crippen molar-refractivity contribution in [2.75, 3.05) is 0 Å². The Labute approximate surface area is 123 Å². The van der Waals surface area contributed by atoms with Gasteiger partial charge in [-0.3, -0.25) is 0 Å². The fourth-order valence-corrected chi connectivity index (χ4v) is 3.61. The summed E-state index contributed by atoms with van der Waals surface area (Å²) in [7, 11) is -3.77. The predicted molar refractivity (Wildman–Crippen MR) is 81.4 cm³/mol. The monoisotopic (exact) mass is 296 g/mol. The molecule has 0 amide bonds. The van der Waals surface area contributed by atoms with Crippen molar-refractivity contribution < 1.29 is 8.42 Å². The van der Waals surface area contributed by atoms with Crippen LogP contribution in [0.5, 0.6) is 0 Å². The predicted octanol–water partition coefficient (Wildman–Crippen LogP) is 2.56. The zero-order valence-electron chi connectivity index (χ0n) is 11.3. The van der Waals surface area contributed by atoms with Crippen LogP contribution in [-0.2, 0) is 10.0 Å². The van der Waals surface area contributed by atoms with Gasteiger partial charge in [-0.1, -0.05) is 23.6 Å². The summed E-state index contributed by atoms with van der Waals surface area (Å²) < 4.78 is 26.8. The molecule has 21 heavy (non-hydrogen) atoms. The van der Waals surface area contributed by atoms with Crippen molar-refractivity contribution in [3.8, 4) is 12.3 Å². The van der Waals surface area contributed by atoms with Crippen LogP contribution in [0.1, 0.15) is 11.3 Å². The number of benzene rings is 1. The van der Waals surface area contributed by atoms with Crippen molar-refractivity contribution in [3.63, 3.8) is 0 Å². The minimum absolute atomic E-state index is 0.188. The molecule has 4 nitrogen and oxygen atoms in total. The standard InChI is InChI=1S/C16H12N2O2S/c1-3-14-11-13-5-4-10-17-16(13)18(14)21(19,20)15-8-6-12(2)7-9-15/h1,4-11H,2H3. The second-order valence-corrected chi connectivity index (χ2v) is 6.46. The van der Waals surface area contributed by atoms with Crippen LogP contribution in [0.25, 0.3) is 11.0 Å². The molecule has 0 saturated heterocycles. The molecule has 3 rings (SSSR count). The molecule has 5 heteroatoms. The number of aryl methyl sites for hydroxylation is 1. The number of nitrogens with zero attached hydrogens (tertiary/aromatic N) is 2. The molecule has 104 valence electrons. The van der Waals surface area contributed by atoms with Crippen LogP contribution >= 0.6 is 0 Å². The zero-order chi connectivity index (χ0) is 15.0. The van der Waals surface area contributed by atoms with E-state index in [4.69, 9.17) is 6.42 Å². The highest BCUT2D eigenvalue weighted by atomic mass is 32.2. The number of hydrogen-bond acceptors (Lipinski definition) is 3. The maximum Gasteiger partial charge on any atom is 0.270 e. The zero-order valence-corrected chi connectivity index (χ0v) is 12.1. The Morgan fingerprint density at radius 3 is 2.57 bits per heavy atom. The van der Waals surface area contributed by atoms with E-state index in [9.17, 15) is 8.42 Å². The van der Waals surface area contributed by atoms with Crippen LogP contribution in [0.15, 0.2) is 53.6 Å². The summed E-state index contributed by atoms with van der Waals surface area (Å²) >= 11 is 0. The SMILES string of the molecule is C#Cc1cc2cccnc2n1S(=O)(=O)c1ccc(C)cc1. The smallest absolute Gasteiger partial charge is 0.237 e. The van der Waals surface area contributed by atoms with Gasteiger partial charge in [0.1, 0.15) is 5.69 Å². The maximum atomic E-state index is 12.8. The van der Waals surface area contributed by atoms with Crippen molar-refractivity contribution in [3.05, 3.63) is 59.9 Å². The third-order valence-electron chi connectivity index (χ3n) is 3.23. The van der Waals surface area contributed by atoms with Gasteiger partial charge >= 0.3 is 0 Å². The van der Waals surface area contributed by atoms with Crippen molar-refractivity contribution in [1.29, 1.82) is 0 Å². The van der Waals surface area contributed by atoms with Crippen LogP contribution in [0.3, 0.4) is 0 Å². The van der Waals surface area contributed by atoms with E-state index in [1.165, 1.54) is 0 Å². The molecule has 0 N–H and O–H groups in total. The largest absolute Gasteiger partial charge is 0.270 e. The van der Waals surface area contributed by atoms with Gasteiger partial charge in [-0.15, -0.1) is 6.42 Å². The number of aromatic nitrogens is 2. The topological polar surface area (TPSA) is 52.0 Å². The molecule has 3 aromatic rings. The van der Waals surface area contributed by atoms with Gasteiger partial charge in [-0.25, -0.2) is 17.4 Å². The molecule has 0 bridgehead atoms. The van der Waals surface area contributed by atoms with Gasteiger partial charge in [0.25, 0.3) is 10.0 Å². The molecule has 0 aliphatic carbocycles. The molecular weight excluding hydrogens is 284 g/mol. The Balaban J connectivity index is 2.33. The molecular formula is C16H12N2O2S. The van der Waals surface area contributed by atoms with E-state index in [0.717, 1.165) is 9.54 Å². The van der Waals surface area contributed by atoms with E-state index in [1.54, 1.807) is 48.7 Å². The highest BCUT2D eigenvalue weighted by Gasteiger charge is 2.22. The third-order valence-corrected chi connectivity index (χ3v) is 4.95. The number of pyridine rings is 1. The molecule has 0 radical (unpaired) electrons. The average molecular weight is 296 g/mol. The van der Waals surface area contributed by atoms with Crippen molar-refractivity contribution in [1.82, 2.24) is 8.96 Å². The van der Waals surface area contributed by atoms with E-state index < -0.39 is 10.0 Å². The van der Waals surface area contributed by atoms with E-state index in [-0.39, 0.29) is 10.6 Å². The van der Waals surface area contributed by atoms with Crippen LogP contribution in [0.2, 0.25) is 0 Å². The molecule has 0 saturated carbocycles. The molecule has 2 aromatic heterocycles. The quantitative estimate of drug-likeness (QED) is 0.683. The number of rotatable bonds is 2. The average Bonchev–Trinajstić information content (AvgIpc) is 2.87. The van der Waals surface area contributed by atoms with Gasteiger partial charge in [0.15, 0.2) is 5.65 Å². The van der Waals surface area contributed by atoms with Crippen LogP contribution in [-0.4, -0.2) is 17.4 Å². The Morgan fingerprint density at radius 2 is 1.90 bits per heavy atom. The lowest BCUT2D eigenvalue weighted by Gasteiger charge is -2.08. The molecule has 0 fully saturated rings. The van der Waals surface area contributed by atoms with Crippen molar-refractivity contribution in [2.24, 2.45) is 0 Å². The summed E-state index contributed by atoms with van der Waals surface area (Å²) in [6, 6.07) is 11.8. The molecule has 0 unspecified atom stereocenters. The Morgan fingerprint density at radius 1 is 1.19 bits per heavy atom. The molecule has 0 aliphatic heterocycles. The Hall–Kier alpha value is -2.58. The fourth-order valence-electron chi connectivity index (χ4n) is 2.17. The Bertz CT molecular complexity index is 962. The highest BCUT2D eigenvalue weighted by Crippen LogP contribution is 2.24. The van der Waals surface area contributed by atoms with E-state index >= 15 is 0 Å². The number of fused-ring (bicyclic) bond motifs is 1. The van der Waals surface area contributed by atoms with E-state index in [0.29, 0.717) is 11.0 Å². The van der Waals surface area contributed by atoms with Gasteiger partial charge in [0.2, 0.25) is 0 Å². The van der Waals surface area contributed by atoms with Gasteiger partial charge in [-0.05, 0) is 37.3 Å². The van der Waals surface area contributed by atoms with Gasteiger partial charge < -0.3 is 0 Å². The first kappa shape index (κ1) is 13.4. The molecule has 2 heterocycles. The van der Waals surface area contributed by atoms with Gasteiger partial charge in [-0.2, -0.15) is 0 Å². The number of hydrogen-bond donors (Lipinski definition) is 0. The van der Waals surface area contributed by atoms with Gasteiger partial charge in [0, 0.05) is 11.6 Å². The third kappa shape index (κ3) is 2.10. The van der Waals surface area contributed by atoms with E-state index in [1.807, 2.05) is 6.92 Å².